The second-order valence-electron chi connectivity index (χ2n) is 3.45. The van der Waals surface area contributed by atoms with Gasteiger partial charge in [0.25, 0.3) is 0 Å². The van der Waals surface area contributed by atoms with Crippen molar-refractivity contribution in [2.24, 2.45) is 0 Å². The first-order valence-corrected chi connectivity index (χ1v) is 6.77. The summed E-state index contributed by atoms with van der Waals surface area (Å²) in [6.45, 7) is 1.89. The number of rotatable bonds is 4. The summed E-state index contributed by atoms with van der Waals surface area (Å²) in [5, 5.41) is 0.803. The third-order valence-corrected chi connectivity index (χ3v) is 3.43. The van der Waals surface area contributed by atoms with Crippen molar-refractivity contribution in [2.75, 3.05) is 5.33 Å². The molecule has 0 aliphatic heterocycles. The number of hydrogen-bond acceptors (Lipinski definition) is 1. The van der Waals surface area contributed by atoms with Crippen LogP contribution in [0.2, 0.25) is 0 Å². The molecule has 0 spiro atoms. The Labute approximate surface area is 106 Å². The molecule has 0 aliphatic carbocycles. The molecule has 0 N–H and O–H groups in total. The van der Waals surface area contributed by atoms with Crippen molar-refractivity contribution in [1.29, 1.82) is 0 Å². The van der Waals surface area contributed by atoms with Crippen molar-refractivity contribution in [3.63, 3.8) is 0 Å². The molecule has 0 radical (unpaired) electrons. The molecule has 0 atom stereocenters. The van der Waals surface area contributed by atoms with Gasteiger partial charge in [0.2, 0.25) is 0 Å². The lowest BCUT2D eigenvalue weighted by Crippen LogP contribution is -2.01. The van der Waals surface area contributed by atoms with Crippen molar-refractivity contribution in [3.05, 3.63) is 29.3 Å². The van der Waals surface area contributed by atoms with Crippen LogP contribution in [0.25, 0.3) is 0 Å². The lowest BCUT2D eigenvalue weighted by Gasteiger charge is -2.11. The fourth-order valence-corrected chi connectivity index (χ4v) is 2.34. The van der Waals surface area contributed by atoms with E-state index in [0.29, 0.717) is 11.3 Å². The van der Waals surface area contributed by atoms with E-state index in [4.69, 9.17) is 0 Å². The second-order valence-corrected chi connectivity index (χ2v) is 5.35. The zero-order valence-electron chi connectivity index (χ0n) is 8.77. The van der Waals surface area contributed by atoms with Gasteiger partial charge in [0.05, 0.1) is 0 Å². The Kier molecular flexibility index (Phi) is 5.18. The number of aryl methyl sites for hydroxylation is 2. The Hall–Kier alpha value is -0.160. The van der Waals surface area contributed by atoms with Gasteiger partial charge in [0.15, 0.2) is 0 Å². The highest BCUT2D eigenvalue weighted by Crippen LogP contribution is 2.39. The van der Waals surface area contributed by atoms with Crippen molar-refractivity contribution in [1.82, 2.24) is 0 Å². The molecule has 5 heteroatoms. The zero-order valence-corrected chi connectivity index (χ0v) is 11.2. The van der Waals surface area contributed by atoms with Gasteiger partial charge in [-0.1, -0.05) is 33.6 Å². The molecule has 90 valence electrons. The SMILES string of the molecule is Cc1ccc(SC(F)(F)F)c(CCCBr)c1. The average Bonchev–Trinajstić information content (AvgIpc) is 2.16. The molecule has 1 aromatic rings. The van der Waals surface area contributed by atoms with E-state index in [1.165, 1.54) is 0 Å². The minimum Gasteiger partial charge on any atom is -0.160 e. The quantitative estimate of drug-likeness (QED) is 0.561. The van der Waals surface area contributed by atoms with E-state index in [1.54, 1.807) is 12.1 Å². The second kappa shape index (κ2) is 5.96. The summed E-state index contributed by atoms with van der Waals surface area (Å²) >= 11 is 3.25. The van der Waals surface area contributed by atoms with E-state index < -0.39 is 5.51 Å². The van der Waals surface area contributed by atoms with Crippen LogP contribution in [0.4, 0.5) is 13.2 Å². The summed E-state index contributed by atoms with van der Waals surface area (Å²) in [7, 11) is 0. The molecule has 0 heterocycles. The van der Waals surface area contributed by atoms with Crippen molar-refractivity contribution < 1.29 is 13.2 Å². The monoisotopic (exact) mass is 312 g/mol. The number of alkyl halides is 4. The predicted octanol–water partition coefficient (Wildman–Crippen LogP) is 4.93. The summed E-state index contributed by atoms with van der Waals surface area (Å²) in [6, 6.07) is 5.10. The molecule has 0 unspecified atom stereocenters. The number of benzene rings is 1. The average molecular weight is 313 g/mol. The fraction of sp³-hybridized carbons (Fsp3) is 0.455. The molecule has 0 aromatic heterocycles. The van der Waals surface area contributed by atoms with E-state index in [2.05, 4.69) is 15.9 Å². The van der Waals surface area contributed by atoms with Crippen LogP contribution in [0, 0.1) is 6.92 Å². The normalized spacial score (nSPS) is 11.8. The largest absolute Gasteiger partial charge is 0.446 e. The third kappa shape index (κ3) is 4.78. The highest BCUT2D eigenvalue weighted by molar-refractivity contribution is 9.09. The van der Waals surface area contributed by atoms with Crippen LogP contribution in [0.3, 0.4) is 0 Å². The van der Waals surface area contributed by atoms with Crippen molar-refractivity contribution in [3.8, 4) is 0 Å². The number of thioether (sulfide) groups is 1. The van der Waals surface area contributed by atoms with Gasteiger partial charge in [-0.05, 0) is 43.2 Å². The topological polar surface area (TPSA) is 0 Å². The van der Waals surface area contributed by atoms with Gasteiger partial charge in [-0.25, -0.2) is 0 Å². The fourth-order valence-electron chi connectivity index (χ4n) is 1.39. The molecule has 16 heavy (non-hydrogen) atoms. The Morgan fingerprint density at radius 1 is 1.31 bits per heavy atom. The first kappa shape index (κ1) is 13.9. The maximum Gasteiger partial charge on any atom is 0.446 e. The Morgan fingerprint density at radius 3 is 2.56 bits per heavy atom. The highest BCUT2D eigenvalue weighted by atomic mass is 79.9. The smallest absolute Gasteiger partial charge is 0.160 e. The van der Waals surface area contributed by atoms with Crippen molar-refractivity contribution >= 4 is 27.7 Å². The molecule has 0 bridgehead atoms. The standard InChI is InChI=1S/C11H12BrF3S/c1-8-4-5-10(16-11(13,14)15)9(7-8)3-2-6-12/h4-5,7H,2-3,6H2,1H3. The van der Waals surface area contributed by atoms with Crippen LogP contribution in [0.5, 0.6) is 0 Å². The minimum absolute atomic E-state index is 0.0288. The molecule has 0 saturated heterocycles. The summed E-state index contributed by atoms with van der Waals surface area (Å²) < 4.78 is 36.9. The minimum atomic E-state index is -4.21. The maximum absolute atomic E-state index is 12.3. The molecule has 0 fully saturated rings. The van der Waals surface area contributed by atoms with Gasteiger partial charge in [-0.15, -0.1) is 0 Å². The van der Waals surface area contributed by atoms with Gasteiger partial charge in [-0.3, -0.25) is 0 Å². The van der Waals surface area contributed by atoms with Crippen LogP contribution >= 0.6 is 27.7 Å². The zero-order chi connectivity index (χ0) is 12.2. The van der Waals surface area contributed by atoms with Gasteiger partial charge >= 0.3 is 5.51 Å². The number of hydrogen-bond donors (Lipinski definition) is 0. The van der Waals surface area contributed by atoms with Gasteiger partial charge in [0, 0.05) is 10.2 Å². The van der Waals surface area contributed by atoms with Crippen LogP contribution in [-0.2, 0) is 6.42 Å². The van der Waals surface area contributed by atoms with Crippen LogP contribution < -0.4 is 0 Å². The summed E-state index contributed by atoms with van der Waals surface area (Å²) in [4.78, 5) is 0.319. The molecule has 1 aromatic carbocycles. The molecular formula is C11H12BrF3S. The third-order valence-electron chi connectivity index (χ3n) is 2.02. The van der Waals surface area contributed by atoms with E-state index in [1.807, 2.05) is 13.0 Å². The summed E-state index contributed by atoms with van der Waals surface area (Å²) in [6.07, 6.45) is 1.51. The highest BCUT2D eigenvalue weighted by Gasteiger charge is 2.30. The lowest BCUT2D eigenvalue weighted by atomic mass is 10.1. The lowest BCUT2D eigenvalue weighted by molar-refractivity contribution is -0.0328. The Balaban J connectivity index is 2.89. The van der Waals surface area contributed by atoms with Crippen LogP contribution in [0.1, 0.15) is 17.5 Å². The Morgan fingerprint density at radius 2 is 2.00 bits per heavy atom. The van der Waals surface area contributed by atoms with Gasteiger partial charge in [-0.2, -0.15) is 13.2 Å². The van der Waals surface area contributed by atoms with Gasteiger partial charge in [0.1, 0.15) is 0 Å². The van der Waals surface area contributed by atoms with E-state index in [9.17, 15) is 13.2 Å². The first-order valence-electron chi connectivity index (χ1n) is 4.83. The van der Waals surface area contributed by atoms with Crippen LogP contribution in [0.15, 0.2) is 23.1 Å². The first-order chi connectivity index (χ1) is 7.42. The van der Waals surface area contributed by atoms with Crippen molar-refractivity contribution in [2.45, 2.75) is 30.2 Å². The molecule has 1 rings (SSSR count). The van der Waals surface area contributed by atoms with E-state index in [0.717, 1.165) is 22.9 Å². The molecular weight excluding hydrogens is 301 g/mol. The molecule has 0 amide bonds. The maximum atomic E-state index is 12.3. The summed E-state index contributed by atoms with van der Waals surface area (Å²) in [5.74, 6) is 0. The van der Waals surface area contributed by atoms with E-state index >= 15 is 0 Å². The van der Waals surface area contributed by atoms with E-state index in [-0.39, 0.29) is 11.8 Å². The van der Waals surface area contributed by atoms with Gasteiger partial charge < -0.3 is 0 Å². The molecule has 0 saturated carbocycles. The van der Waals surface area contributed by atoms with Crippen LogP contribution in [-0.4, -0.2) is 10.8 Å². The Bertz CT molecular complexity index is 350. The molecule has 0 aliphatic rings. The molecule has 0 nitrogen and oxygen atoms in total. The summed E-state index contributed by atoms with van der Waals surface area (Å²) in [5.41, 5.74) is -2.43. The number of halogens is 4. The predicted molar refractivity (Wildman–Crippen MR) is 65.2 cm³/mol.